The van der Waals surface area contributed by atoms with Crippen LogP contribution >= 0.6 is 0 Å². The highest BCUT2D eigenvalue weighted by atomic mass is 16.5. The molecule has 1 unspecified atom stereocenters. The summed E-state index contributed by atoms with van der Waals surface area (Å²) in [4.78, 5) is 26.2. The number of nitrogens with one attached hydrogen (secondary N) is 1. The number of pyridine rings is 1. The molecule has 21 heavy (non-hydrogen) atoms. The highest BCUT2D eigenvalue weighted by Crippen LogP contribution is 2.11. The Labute approximate surface area is 124 Å². The van der Waals surface area contributed by atoms with Crippen LogP contribution in [-0.4, -0.2) is 34.6 Å². The van der Waals surface area contributed by atoms with Gasteiger partial charge < -0.3 is 15.2 Å². The zero-order valence-corrected chi connectivity index (χ0v) is 12.5. The molecule has 1 amide bonds. The van der Waals surface area contributed by atoms with E-state index in [0.29, 0.717) is 0 Å². The highest BCUT2D eigenvalue weighted by Gasteiger charge is 2.09. The molecular formula is C15H22N2O4. The molecule has 6 nitrogen and oxygen atoms in total. The molecular weight excluding hydrogens is 272 g/mol. The van der Waals surface area contributed by atoms with Gasteiger partial charge in [-0.1, -0.05) is 26.2 Å². The maximum Gasteiger partial charge on any atom is 0.337 e. The Balaban J connectivity index is 2.35. The van der Waals surface area contributed by atoms with Gasteiger partial charge in [-0.2, -0.15) is 0 Å². The van der Waals surface area contributed by atoms with E-state index in [9.17, 15) is 9.59 Å². The third kappa shape index (κ3) is 6.74. The van der Waals surface area contributed by atoms with Gasteiger partial charge in [0.2, 0.25) is 0 Å². The average molecular weight is 294 g/mol. The number of hydrogen-bond donors (Lipinski definition) is 2. The van der Waals surface area contributed by atoms with Gasteiger partial charge in [0.25, 0.3) is 5.91 Å². The number of carbonyl (C=O) groups is 2. The molecule has 1 heterocycles. The number of carbonyl (C=O) groups excluding carboxylic acids is 1. The Morgan fingerprint density at radius 2 is 2.14 bits per heavy atom. The second-order valence-electron chi connectivity index (χ2n) is 4.97. The molecule has 0 bridgehead atoms. The number of unbranched alkanes of at least 4 members (excludes halogenated alkanes) is 2. The number of hydrogen-bond acceptors (Lipinski definition) is 4. The predicted molar refractivity (Wildman–Crippen MR) is 78.4 cm³/mol. The van der Waals surface area contributed by atoms with Gasteiger partial charge in [-0.25, -0.2) is 4.79 Å². The van der Waals surface area contributed by atoms with Crippen LogP contribution in [0.1, 0.15) is 49.9 Å². The number of ether oxygens (including phenoxy) is 1. The third-order valence-corrected chi connectivity index (χ3v) is 2.98. The van der Waals surface area contributed by atoms with Crippen molar-refractivity contribution in [3.8, 4) is 5.75 Å². The molecule has 0 aliphatic heterocycles. The Bertz CT molecular complexity index is 476. The molecule has 0 fully saturated rings. The van der Waals surface area contributed by atoms with Crippen molar-refractivity contribution in [3.63, 3.8) is 0 Å². The SMILES string of the molecule is CCCCCC(C)NC(=O)COc1cncc(C(=O)O)c1. The Hall–Kier alpha value is -2.11. The van der Waals surface area contributed by atoms with E-state index in [4.69, 9.17) is 9.84 Å². The highest BCUT2D eigenvalue weighted by molar-refractivity contribution is 5.87. The number of aromatic carboxylic acids is 1. The van der Waals surface area contributed by atoms with E-state index in [1.54, 1.807) is 0 Å². The molecule has 0 aliphatic rings. The fourth-order valence-corrected chi connectivity index (χ4v) is 1.85. The van der Waals surface area contributed by atoms with Crippen LogP contribution in [0.2, 0.25) is 0 Å². The van der Waals surface area contributed by atoms with Crippen molar-refractivity contribution in [1.29, 1.82) is 0 Å². The molecule has 1 atom stereocenters. The molecule has 2 N–H and O–H groups in total. The van der Waals surface area contributed by atoms with Gasteiger partial charge in [0.05, 0.1) is 11.8 Å². The van der Waals surface area contributed by atoms with Crippen molar-refractivity contribution in [3.05, 3.63) is 24.0 Å². The summed E-state index contributed by atoms with van der Waals surface area (Å²) < 4.78 is 5.25. The van der Waals surface area contributed by atoms with E-state index < -0.39 is 5.97 Å². The minimum atomic E-state index is -1.08. The standard InChI is InChI=1S/C15H22N2O4/c1-3-4-5-6-11(2)17-14(18)10-21-13-7-12(15(19)20)8-16-9-13/h7-9,11H,3-6,10H2,1-2H3,(H,17,18)(H,19,20). The molecule has 0 spiro atoms. The number of nitrogens with zero attached hydrogens (tertiary/aromatic N) is 1. The maximum absolute atomic E-state index is 11.7. The summed E-state index contributed by atoms with van der Waals surface area (Å²) in [5.74, 6) is -1.04. The van der Waals surface area contributed by atoms with E-state index in [2.05, 4.69) is 17.2 Å². The quantitative estimate of drug-likeness (QED) is 0.682. The lowest BCUT2D eigenvalue weighted by molar-refractivity contribution is -0.123. The summed E-state index contributed by atoms with van der Waals surface area (Å²) in [5.41, 5.74) is 0.0286. The van der Waals surface area contributed by atoms with Crippen LogP contribution in [0, 0.1) is 0 Å². The maximum atomic E-state index is 11.7. The lowest BCUT2D eigenvalue weighted by Gasteiger charge is -2.14. The lowest BCUT2D eigenvalue weighted by atomic mass is 10.1. The lowest BCUT2D eigenvalue weighted by Crippen LogP contribution is -2.36. The number of aromatic nitrogens is 1. The number of amides is 1. The number of carboxylic acids is 1. The monoisotopic (exact) mass is 294 g/mol. The molecule has 1 rings (SSSR count). The van der Waals surface area contributed by atoms with Crippen LogP contribution in [-0.2, 0) is 4.79 Å². The van der Waals surface area contributed by atoms with Gasteiger partial charge >= 0.3 is 5.97 Å². The first kappa shape index (κ1) is 16.9. The molecule has 1 aromatic rings. The second kappa shape index (κ2) is 8.94. The zero-order valence-electron chi connectivity index (χ0n) is 12.5. The van der Waals surface area contributed by atoms with Gasteiger partial charge in [-0.05, 0) is 19.4 Å². The Morgan fingerprint density at radius 3 is 2.81 bits per heavy atom. The van der Waals surface area contributed by atoms with Crippen molar-refractivity contribution in [1.82, 2.24) is 10.3 Å². The van der Waals surface area contributed by atoms with E-state index >= 15 is 0 Å². The molecule has 6 heteroatoms. The van der Waals surface area contributed by atoms with Gasteiger partial charge in [-0.3, -0.25) is 9.78 Å². The first-order valence-electron chi connectivity index (χ1n) is 7.13. The Kier molecular flexibility index (Phi) is 7.21. The first-order valence-corrected chi connectivity index (χ1v) is 7.13. The minimum absolute atomic E-state index is 0.0286. The van der Waals surface area contributed by atoms with Crippen LogP contribution in [0.15, 0.2) is 18.5 Å². The molecule has 0 radical (unpaired) electrons. The fraction of sp³-hybridized carbons (Fsp3) is 0.533. The Morgan fingerprint density at radius 1 is 1.38 bits per heavy atom. The minimum Gasteiger partial charge on any atom is -0.482 e. The van der Waals surface area contributed by atoms with Crippen LogP contribution < -0.4 is 10.1 Å². The molecule has 0 saturated carbocycles. The van der Waals surface area contributed by atoms with Crippen LogP contribution in [0.5, 0.6) is 5.75 Å². The van der Waals surface area contributed by atoms with Crippen LogP contribution in [0.25, 0.3) is 0 Å². The summed E-state index contributed by atoms with van der Waals surface area (Å²) in [6.07, 6.45) is 6.94. The normalized spacial score (nSPS) is 11.7. The van der Waals surface area contributed by atoms with Crippen LogP contribution in [0.4, 0.5) is 0 Å². The summed E-state index contributed by atoms with van der Waals surface area (Å²) in [6.45, 7) is 3.94. The summed E-state index contributed by atoms with van der Waals surface area (Å²) in [7, 11) is 0. The smallest absolute Gasteiger partial charge is 0.337 e. The molecule has 0 aliphatic carbocycles. The zero-order chi connectivity index (χ0) is 15.7. The molecule has 0 saturated heterocycles. The van der Waals surface area contributed by atoms with Gasteiger partial charge in [0.15, 0.2) is 6.61 Å². The number of carboxylic acid groups (broad SMARTS) is 1. The molecule has 1 aromatic heterocycles. The largest absolute Gasteiger partial charge is 0.482 e. The average Bonchev–Trinajstić information content (AvgIpc) is 2.45. The van der Waals surface area contributed by atoms with Gasteiger partial charge in [0.1, 0.15) is 5.75 Å². The summed E-state index contributed by atoms with van der Waals surface area (Å²) >= 11 is 0. The van der Waals surface area contributed by atoms with Crippen molar-refractivity contribution in [2.75, 3.05) is 6.61 Å². The molecule has 116 valence electrons. The summed E-state index contributed by atoms with van der Waals surface area (Å²) in [5, 5.41) is 11.7. The molecule has 0 aromatic carbocycles. The topological polar surface area (TPSA) is 88.5 Å². The second-order valence-corrected chi connectivity index (χ2v) is 4.97. The first-order chi connectivity index (χ1) is 10.0. The van der Waals surface area contributed by atoms with Crippen molar-refractivity contribution in [2.45, 2.75) is 45.6 Å². The van der Waals surface area contributed by atoms with E-state index in [-0.39, 0.29) is 29.9 Å². The van der Waals surface area contributed by atoms with Crippen molar-refractivity contribution >= 4 is 11.9 Å². The number of rotatable bonds is 9. The third-order valence-electron chi connectivity index (χ3n) is 2.98. The van der Waals surface area contributed by atoms with Gasteiger partial charge in [0, 0.05) is 12.2 Å². The van der Waals surface area contributed by atoms with E-state index in [1.165, 1.54) is 18.5 Å². The van der Waals surface area contributed by atoms with Crippen LogP contribution in [0.3, 0.4) is 0 Å². The fourth-order valence-electron chi connectivity index (χ4n) is 1.85. The van der Waals surface area contributed by atoms with E-state index in [1.807, 2.05) is 6.92 Å². The van der Waals surface area contributed by atoms with Crippen molar-refractivity contribution in [2.24, 2.45) is 0 Å². The van der Waals surface area contributed by atoms with Gasteiger partial charge in [-0.15, -0.1) is 0 Å². The predicted octanol–water partition coefficient (Wildman–Crippen LogP) is 2.24. The van der Waals surface area contributed by atoms with E-state index in [0.717, 1.165) is 25.7 Å². The van der Waals surface area contributed by atoms with Crippen molar-refractivity contribution < 1.29 is 19.4 Å². The summed E-state index contributed by atoms with van der Waals surface area (Å²) in [6, 6.07) is 1.45.